The second-order valence-corrected chi connectivity index (χ2v) is 5.10. The lowest BCUT2D eigenvalue weighted by Gasteiger charge is -2.22. The van der Waals surface area contributed by atoms with Crippen LogP contribution in [-0.4, -0.2) is 42.7 Å². The predicted molar refractivity (Wildman–Crippen MR) is 73.4 cm³/mol. The van der Waals surface area contributed by atoms with Gasteiger partial charge >= 0.3 is 0 Å². The molecule has 2 rings (SSSR count). The fraction of sp³-hybridized carbons (Fsp3) is 0.533. The van der Waals surface area contributed by atoms with E-state index in [1.54, 1.807) is 18.1 Å². The topological polar surface area (TPSA) is 49.8 Å². The van der Waals surface area contributed by atoms with Crippen LogP contribution in [0.25, 0.3) is 0 Å². The molecular weight excluding hydrogens is 242 g/mol. The molecule has 0 spiro atoms. The number of amides is 1. The van der Waals surface area contributed by atoms with E-state index < -0.39 is 0 Å². The molecule has 1 aromatic carbocycles. The first-order valence-electron chi connectivity index (χ1n) is 6.70. The summed E-state index contributed by atoms with van der Waals surface area (Å²) < 4.78 is 5.25. The Kier molecular flexibility index (Phi) is 4.43. The van der Waals surface area contributed by atoms with Crippen molar-refractivity contribution in [2.75, 3.05) is 26.8 Å². The summed E-state index contributed by atoms with van der Waals surface area (Å²) in [6, 6.07) is 5.48. The van der Waals surface area contributed by atoms with Crippen LogP contribution in [-0.2, 0) is 0 Å². The van der Waals surface area contributed by atoms with E-state index in [9.17, 15) is 4.79 Å². The lowest BCUT2D eigenvalue weighted by atomic mass is 10.1. The predicted octanol–water partition coefficient (Wildman–Crippen LogP) is 1.85. The SMILES string of the molecule is COc1cc(C(=O)N(CCO)CC2CC2)ccc1C. The highest BCUT2D eigenvalue weighted by Gasteiger charge is 2.27. The fourth-order valence-electron chi connectivity index (χ4n) is 2.14. The largest absolute Gasteiger partial charge is 0.496 e. The minimum Gasteiger partial charge on any atom is -0.496 e. The Morgan fingerprint density at radius 3 is 2.79 bits per heavy atom. The van der Waals surface area contributed by atoms with Crippen molar-refractivity contribution >= 4 is 5.91 Å². The van der Waals surface area contributed by atoms with E-state index in [1.807, 2.05) is 19.1 Å². The van der Waals surface area contributed by atoms with Crippen LogP contribution >= 0.6 is 0 Å². The Balaban J connectivity index is 2.14. The van der Waals surface area contributed by atoms with Crippen molar-refractivity contribution < 1.29 is 14.6 Å². The number of carbonyl (C=O) groups is 1. The van der Waals surface area contributed by atoms with Crippen molar-refractivity contribution in [2.45, 2.75) is 19.8 Å². The molecule has 104 valence electrons. The molecule has 4 nitrogen and oxygen atoms in total. The Hall–Kier alpha value is -1.55. The number of carbonyl (C=O) groups excluding carboxylic acids is 1. The summed E-state index contributed by atoms with van der Waals surface area (Å²) in [4.78, 5) is 14.2. The van der Waals surface area contributed by atoms with Gasteiger partial charge in [-0.1, -0.05) is 6.07 Å². The van der Waals surface area contributed by atoms with Gasteiger partial charge in [0.1, 0.15) is 5.75 Å². The van der Waals surface area contributed by atoms with Gasteiger partial charge in [0.05, 0.1) is 13.7 Å². The summed E-state index contributed by atoms with van der Waals surface area (Å²) in [7, 11) is 1.60. The third-order valence-corrected chi connectivity index (χ3v) is 3.49. The molecule has 1 fully saturated rings. The molecule has 1 aromatic rings. The van der Waals surface area contributed by atoms with Gasteiger partial charge in [-0.2, -0.15) is 0 Å². The molecule has 0 atom stereocenters. The van der Waals surface area contributed by atoms with E-state index >= 15 is 0 Å². The smallest absolute Gasteiger partial charge is 0.254 e. The van der Waals surface area contributed by atoms with E-state index in [-0.39, 0.29) is 12.5 Å². The molecule has 0 bridgehead atoms. The third-order valence-electron chi connectivity index (χ3n) is 3.49. The second kappa shape index (κ2) is 6.06. The average Bonchev–Trinajstić information content (AvgIpc) is 3.22. The standard InChI is InChI=1S/C15H21NO3/c1-11-3-6-13(9-14(11)19-2)15(18)16(7-8-17)10-12-4-5-12/h3,6,9,12,17H,4-5,7-8,10H2,1-2H3. The maximum Gasteiger partial charge on any atom is 0.254 e. The zero-order valence-corrected chi connectivity index (χ0v) is 11.6. The van der Waals surface area contributed by atoms with Gasteiger partial charge in [0.15, 0.2) is 0 Å². The van der Waals surface area contributed by atoms with E-state index in [2.05, 4.69) is 0 Å². The Morgan fingerprint density at radius 2 is 2.21 bits per heavy atom. The van der Waals surface area contributed by atoms with E-state index in [0.29, 0.717) is 18.0 Å². The number of hydrogen-bond acceptors (Lipinski definition) is 3. The maximum absolute atomic E-state index is 12.4. The molecule has 1 amide bonds. The van der Waals surface area contributed by atoms with Gasteiger partial charge in [-0.15, -0.1) is 0 Å². The summed E-state index contributed by atoms with van der Waals surface area (Å²) in [5, 5.41) is 9.09. The average molecular weight is 263 g/mol. The van der Waals surface area contributed by atoms with Crippen LogP contribution in [0.3, 0.4) is 0 Å². The first-order chi connectivity index (χ1) is 9.15. The number of rotatable bonds is 6. The van der Waals surface area contributed by atoms with Crippen LogP contribution < -0.4 is 4.74 Å². The summed E-state index contributed by atoms with van der Waals surface area (Å²) in [5.41, 5.74) is 1.63. The van der Waals surface area contributed by atoms with Crippen LogP contribution in [0.2, 0.25) is 0 Å². The number of aliphatic hydroxyl groups excluding tert-OH is 1. The number of aliphatic hydroxyl groups is 1. The quantitative estimate of drug-likeness (QED) is 0.852. The van der Waals surface area contributed by atoms with E-state index in [4.69, 9.17) is 9.84 Å². The van der Waals surface area contributed by atoms with Crippen LogP contribution in [0, 0.1) is 12.8 Å². The highest BCUT2D eigenvalue weighted by atomic mass is 16.5. The van der Waals surface area contributed by atoms with Crippen molar-refractivity contribution in [2.24, 2.45) is 5.92 Å². The van der Waals surface area contributed by atoms with Crippen molar-refractivity contribution in [1.29, 1.82) is 0 Å². The summed E-state index contributed by atoms with van der Waals surface area (Å²) in [6.07, 6.45) is 2.37. The van der Waals surface area contributed by atoms with Crippen molar-refractivity contribution in [3.63, 3.8) is 0 Å². The highest BCUT2D eigenvalue weighted by molar-refractivity contribution is 5.94. The van der Waals surface area contributed by atoms with Gasteiger partial charge in [-0.3, -0.25) is 4.79 Å². The number of methoxy groups -OCH3 is 1. The monoisotopic (exact) mass is 263 g/mol. The zero-order chi connectivity index (χ0) is 13.8. The van der Waals surface area contributed by atoms with Gasteiger partial charge in [0, 0.05) is 18.7 Å². The van der Waals surface area contributed by atoms with Crippen molar-refractivity contribution in [3.05, 3.63) is 29.3 Å². The van der Waals surface area contributed by atoms with Crippen molar-refractivity contribution in [3.8, 4) is 5.75 Å². The number of hydrogen-bond donors (Lipinski definition) is 1. The van der Waals surface area contributed by atoms with Gasteiger partial charge in [0.25, 0.3) is 5.91 Å². The van der Waals surface area contributed by atoms with Crippen LogP contribution in [0.4, 0.5) is 0 Å². The van der Waals surface area contributed by atoms with Gasteiger partial charge < -0.3 is 14.7 Å². The Bertz CT molecular complexity index is 455. The molecule has 1 N–H and O–H groups in total. The van der Waals surface area contributed by atoms with Gasteiger partial charge in [-0.05, 0) is 43.4 Å². The molecular formula is C15H21NO3. The molecule has 1 saturated carbocycles. The summed E-state index contributed by atoms with van der Waals surface area (Å²) in [5.74, 6) is 1.31. The lowest BCUT2D eigenvalue weighted by Crippen LogP contribution is -2.35. The number of benzene rings is 1. The molecule has 0 saturated heterocycles. The number of aryl methyl sites for hydroxylation is 1. The molecule has 4 heteroatoms. The zero-order valence-electron chi connectivity index (χ0n) is 11.6. The van der Waals surface area contributed by atoms with Crippen LogP contribution in [0.15, 0.2) is 18.2 Å². The third kappa shape index (κ3) is 3.47. The van der Waals surface area contributed by atoms with Crippen molar-refractivity contribution in [1.82, 2.24) is 4.90 Å². The van der Waals surface area contributed by atoms with E-state index in [1.165, 1.54) is 12.8 Å². The summed E-state index contributed by atoms with van der Waals surface area (Å²) >= 11 is 0. The number of nitrogens with zero attached hydrogens (tertiary/aromatic N) is 1. The minimum atomic E-state index is -0.0285. The molecule has 1 aliphatic rings. The molecule has 19 heavy (non-hydrogen) atoms. The van der Waals surface area contributed by atoms with Gasteiger partial charge in [0.2, 0.25) is 0 Å². The number of ether oxygens (including phenoxy) is 1. The summed E-state index contributed by atoms with van der Waals surface area (Å²) in [6.45, 7) is 3.09. The molecule has 0 radical (unpaired) electrons. The molecule has 0 unspecified atom stereocenters. The van der Waals surface area contributed by atoms with Gasteiger partial charge in [-0.25, -0.2) is 0 Å². The first-order valence-corrected chi connectivity index (χ1v) is 6.70. The van der Waals surface area contributed by atoms with Crippen LogP contribution in [0.5, 0.6) is 5.75 Å². The molecule has 0 aliphatic heterocycles. The highest BCUT2D eigenvalue weighted by Crippen LogP contribution is 2.30. The minimum absolute atomic E-state index is 0.00144. The second-order valence-electron chi connectivity index (χ2n) is 5.10. The maximum atomic E-state index is 12.4. The molecule has 0 aromatic heterocycles. The fourth-order valence-corrected chi connectivity index (χ4v) is 2.14. The molecule has 0 heterocycles. The lowest BCUT2D eigenvalue weighted by molar-refractivity contribution is 0.0712. The van der Waals surface area contributed by atoms with E-state index in [0.717, 1.165) is 17.9 Å². The normalized spacial score (nSPS) is 14.3. The Morgan fingerprint density at radius 1 is 1.47 bits per heavy atom. The first kappa shape index (κ1) is 13.9. The molecule has 1 aliphatic carbocycles. The Labute approximate surface area is 114 Å². The van der Waals surface area contributed by atoms with Crippen LogP contribution in [0.1, 0.15) is 28.8 Å².